The van der Waals surface area contributed by atoms with Gasteiger partial charge in [0.25, 0.3) is 5.91 Å². The molecule has 26 heavy (non-hydrogen) atoms. The number of benzene rings is 2. The highest BCUT2D eigenvalue weighted by molar-refractivity contribution is 14.1. The molecule has 0 aliphatic rings. The number of amides is 1. The summed E-state index contributed by atoms with van der Waals surface area (Å²) in [6, 6.07) is 16.1. The molecule has 128 valence electrons. The topological polar surface area (TPSA) is 68.0 Å². The molecule has 0 aliphatic carbocycles. The average Bonchev–Trinajstić information content (AvgIpc) is 3.08. The zero-order valence-corrected chi connectivity index (χ0v) is 16.2. The highest BCUT2D eigenvalue weighted by Gasteiger charge is 2.14. The number of rotatable bonds is 3. The van der Waals surface area contributed by atoms with Crippen LogP contribution in [0.2, 0.25) is 5.02 Å². The fourth-order valence-corrected chi connectivity index (χ4v) is 3.28. The number of anilines is 1. The third-order valence-electron chi connectivity index (χ3n) is 3.74. The number of aromatic nitrogens is 2. The van der Waals surface area contributed by atoms with Crippen molar-refractivity contribution < 1.29 is 9.21 Å². The summed E-state index contributed by atoms with van der Waals surface area (Å²) in [7, 11) is 0. The molecule has 0 atom stereocenters. The first-order valence-electron chi connectivity index (χ1n) is 7.69. The Balaban J connectivity index is 1.68. The van der Waals surface area contributed by atoms with Gasteiger partial charge in [0, 0.05) is 15.3 Å². The summed E-state index contributed by atoms with van der Waals surface area (Å²) in [5, 5.41) is 3.28. The summed E-state index contributed by atoms with van der Waals surface area (Å²) in [6.45, 7) is 0. The molecule has 2 aromatic heterocycles. The Morgan fingerprint density at radius 3 is 2.77 bits per heavy atom. The molecule has 0 radical (unpaired) electrons. The lowest BCUT2D eigenvalue weighted by molar-refractivity contribution is 0.102. The van der Waals surface area contributed by atoms with E-state index < -0.39 is 0 Å². The largest absolute Gasteiger partial charge is 0.434 e. The maximum Gasteiger partial charge on any atom is 0.256 e. The van der Waals surface area contributed by atoms with Crippen molar-refractivity contribution in [1.29, 1.82) is 0 Å². The number of fused-ring (bicyclic) bond motifs is 1. The Morgan fingerprint density at radius 1 is 1.12 bits per heavy atom. The number of carbonyl (C=O) groups is 1. The summed E-state index contributed by atoms with van der Waals surface area (Å²) in [4.78, 5) is 21.1. The molecular formula is C19H11ClIN3O2. The second-order valence-electron chi connectivity index (χ2n) is 5.47. The van der Waals surface area contributed by atoms with E-state index in [0.717, 1.165) is 3.57 Å². The van der Waals surface area contributed by atoms with Crippen LogP contribution in [-0.4, -0.2) is 15.9 Å². The van der Waals surface area contributed by atoms with E-state index in [9.17, 15) is 4.79 Å². The molecule has 0 saturated carbocycles. The number of nitrogens with one attached hydrogen (secondary N) is 1. The van der Waals surface area contributed by atoms with Gasteiger partial charge in [-0.05, 0) is 65.1 Å². The fourth-order valence-electron chi connectivity index (χ4n) is 2.48. The maximum absolute atomic E-state index is 12.6. The quantitative estimate of drug-likeness (QED) is 0.403. The molecule has 2 heterocycles. The van der Waals surface area contributed by atoms with Crippen molar-refractivity contribution in [3.05, 3.63) is 75.0 Å². The summed E-state index contributed by atoms with van der Waals surface area (Å²) in [6.07, 6.45) is 1.66. The maximum atomic E-state index is 12.6. The minimum Gasteiger partial charge on any atom is -0.434 e. The summed E-state index contributed by atoms with van der Waals surface area (Å²) in [5.74, 6) is 0.188. The second kappa shape index (κ2) is 7.05. The highest BCUT2D eigenvalue weighted by Crippen LogP contribution is 2.30. The predicted molar refractivity (Wildman–Crippen MR) is 109 cm³/mol. The van der Waals surface area contributed by atoms with Gasteiger partial charge in [0.05, 0.1) is 16.3 Å². The minimum atomic E-state index is -0.228. The molecule has 0 fully saturated rings. The number of hydrogen-bond donors (Lipinski definition) is 1. The van der Waals surface area contributed by atoms with Crippen LogP contribution in [0.5, 0.6) is 0 Å². The third kappa shape index (κ3) is 3.30. The number of hydrogen-bond acceptors (Lipinski definition) is 4. The monoisotopic (exact) mass is 475 g/mol. The number of halogens is 2. The van der Waals surface area contributed by atoms with E-state index in [4.69, 9.17) is 16.0 Å². The molecule has 4 aromatic rings. The smallest absolute Gasteiger partial charge is 0.256 e. The van der Waals surface area contributed by atoms with E-state index in [1.165, 1.54) is 0 Å². The van der Waals surface area contributed by atoms with Gasteiger partial charge < -0.3 is 9.73 Å². The highest BCUT2D eigenvalue weighted by atomic mass is 127. The van der Waals surface area contributed by atoms with Gasteiger partial charge in [-0.1, -0.05) is 23.7 Å². The number of nitrogens with zero attached hydrogens (tertiary/aromatic N) is 2. The second-order valence-corrected chi connectivity index (χ2v) is 7.04. The van der Waals surface area contributed by atoms with Crippen molar-refractivity contribution in [2.75, 3.05) is 5.32 Å². The van der Waals surface area contributed by atoms with Crippen molar-refractivity contribution in [3.8, 4) is 11.5 Å². The van der Waals surface area contributed by atoms with Crippen LogP contribution >= 0.6 is 34.2 Å². The molecule has 0 unspecified atom stereocenters. The molecule has 4 rings (SSSR count). The van der Waals surface area contributed by atoms with Crippen LogP contribution in [0, 0.1) is 3.57 Å². The zero-order valence-electron chi connectivity index (χ0n) is 13.2. The molecule has 0 aliphatic heterocycles. The predicted octanol–water partition coefficient (Wildman–Crippen LogP) is 5.40. The van der Waals surface area contributed by atoms with Gasteiger partial charge in [-0.15, -0.1) is 0 Å². The Labute approximate surface area is 167 Å². The number of pyridine rings is 1. The third-order valence-corrected chi connectivity index (χ3v) is 5.02. The Bertz CT molecular complexity index is 1090. The van der Waals surface area contributed by atoms with Gasteiger partial charge in [0.15, 0.2) is 11.2 Å². The van der Waals surface area contributed by atoms with Crippen LogP contribution in [0.1, 0.15) is 10.4 Å². The van der Waals surface area contributed by atoms with E-state index in [-0.39, 0.29) is 5.91 Å². The lowest BCUT2D eigenvalue weighted by Crippen LogP contribution is -2.13. The van der Waals surface area contributed by atoms with E-state index in [2.05, 4.69) is 37.9 Å². The van der Waals surface area contributed by atoms with E-state index in [0.29, 0.717) is 39.0 Å². The van der Waals surface area contributed by atoms with E-state index >= 15 is 0 Å². The fraction of sp³-hybridized carbons (Fsp3) is 0. The SMILES string of the molecule is O=C(Nc1cc(-c2nc3ncccc3o2)ccc1Cl)c1ccccc1I. The zero-order chi connectivity index (χ0) is 18.1. The van der Waals surface area contributed by atoms with Gasteiger partial charge >= 0.3 is 0 Å². The van der Waals surface area contributed by atoms with Crippen LogP contribution in [0.3, 0.4) is 0 Å². The Morgan fingerprint density at radius 2 is 1.96 bits per heavy atom. The van der Waals surface area contributed by atoms with Crippen molar-refractivity contribution >= 4 is 57.0 Å². The molecule has 1 amide bonds. The Hall–Kier alpha value is -2.45. The van der Waals surface area contributed by atoms with Crippen LogP contribution < -0.4 is 5.32 Å². The average molecular weight is 476 g/mol. The van der Waals surface area contributed by atoms with Crippen LogP contribution in [0.25, 0.3) is 22.7 Å². The van der Waals surface area contributed by atoms with Gasteiger partial charge in [-0.2, -0.15) is 4.98 Å². The van der Waals surface area contributed by atoms with Crippen molar-refractivity contribution in [2.45, 2.75) is 0 Å². The number of carbonyl (C=O) groups excluding carboxylic acids is 1. The normalized spacial score (nSPS) is 10.8. The van der Waals surface area contributed by atoms with Crippen LogP contribution in [0.15, 0.2) is 65.2 Å². The summed E-state index contributed by atoms with van der Waals surface area (Å²) < 4.78 is 6.59. The van der Waals surface area contributed by atoms with Crippen molar-refractivity contribution in [3.63, 3.8) is 0 Å². The van der Waals surface area contributed by atoms with E-state index in [1.54, 1.807) is 42.6 Å². The van der Waals surface area contributed by atoms with Gasteiger partial charge in [-0.25, -0.2) is 4.98 Å². The van der Waals surface area contributed by atoms with Gasteiger partial charge in [-0.3, -0.25) is 4.79 Å². The molecular weight excluding hydrogens is 465 g/mol. The first kappa shape index (κ1) is 17.0. The lowest BCUT2D eigenvalue weighted by Gasteiger charge is -2.09. The first-order chi connectivity index (χ1) is 12.6. The molecule has 1 N–H and O–H groups in total. The minimum absolute atomic E-state index is 0.228. The van der Waals surface area contributed by atoms with Crippen LogP contribution in [-0.2, 0) is 0 Å². The van der Waals surface area contributed by atoms with Crippen LogP contribution in [0.4, 0.5) is 5.69 Å². The molecule has 0 bridgehead atoms. The molecule has 5 nitrogen and oxygen atoms in total. The van der Waals surface area contributed by atoms with Crippen molar-refractivity contribution in [1.82, 2.24) is 9.97 Å². The molecule has 7 heteroatoms. The van der Waals surface area contributed by atoms with Gasteiger partial charge in [0.2, 0.25) is 5.89 Å². The van der Waals surface area contributed by atoms with Crippen molar-refractivity contribution in [2.24, 2.45) is 0 Å². The van der Waals surface area contributed by atoms with Gasteiger partial charge in [0.1, 0.15) is 0 Å². The lowest BCUT2D eigenvalue weighted by atomic mass is 10.1. The summed E-state index contributed by atoms with van der Waals surface area (Å²) in [5.41, 5.74) is 2.90. The Kier molecular flexibility index (Phi) is 4.60. The summed E-state index contributed by atoms with van der Waals surface area (Å²) >= 11 is 8.38. The van der Waals surface area contributed by atoms with E-state index in [1.807, 2.05) is 18.2 Å². The standard InChI is InChI=1S/C19H11ClIN3O2/c20-13-8-7-11(19-24-17-16(26-19)6-3-9-22-17)10-15(13)23-18(25)12-4-1-2-5-14(12)21/h1-10H,(H,23,25). The molecule has 0 spiro atoms. The first-order valence-corrected chi connectivity index (χ1v) is 9.15. The molecule has 0 saturated heterocycles. The number of oxazole rings is 1. The molecule has 2 aromatic carbocycles.